The van der Waals surface area contributed by atoms with Crippen LogP contribution in [-0.4, -0.2) is 11.7 Å². The molecular formula is C22H21BrFNO2. The quantitative estimate of drug-likeness (QED) is 0.529. The molecule has 0 saturated heterocycles. The lowest BCUT2D eigenvalue weighted by Gasteiger charge is -2.15. The SMILES string of the molecule is OC(CNCc1cc(Br)ccc1OCc1ccc(F)cc1)c1ccccc1. The van der Waals surface area contributed by atoms with E-state index in [4.69, 9.17) is 4.74 Å². The lowest BCUT2D eigenvalue weighted by molar-refractivity contribution is 0.174. The minimum absolute atomic E-state index is 0.260. The highest BCUT2D eigenvalue weighted by molar-refractivity contribution is 9.10. The molecule has 3 nitrogen and oxygen atoms in total. The number of halogens is 2. The molecule has 0 radical (unpaired) electrons. The second kappa shape index (κ2) is 9.65. The zero-order valence-corrected chi connectivity index (χ0v) is 16.3. The molecular weight excluding hydrogens is 409 g/mol. The molecule has 0 saturated carbocycles. The number of benzene rings is 3. The second-order valence-corrected chi connectivity index (χ2v) is 7.14. The maximum atomic E-state index is 13.0. The average molecular weight is 430 g/mol. The summed E-state index contributed by atoms with van der Waals surface area (Å²) < 4.78 is 19.9. The van der Waals surface area contributed by atoms with Gasteiger partial charge in [0, 0.05) is 23.1 Å². The topological polar surface area (TPSA) is 41.5 Å². The number of ether oxygens (including phenoxy) is 1. The number of aliphatic hydroxyl groups excluding tert-OH is 1. The number of nitrogens with one attached hydrogen (secondary N) is 1. The molecule has 0 fully saturated rings. The minimum atomic E-state index is -0.568. The molecule has 27 heavy (non-hydrogen) atoms. The monoisotopic (exact) mass is 429 g/mol. The van der Waals surface area contributed by atoms with E-state index in [0.29, 0.717) is 19.7 Å². The van der Waals surface area contributed by atoms with E-state index in [9.17, 15) is 9.50 Å². The van der Waals surface area contributed by atoms with Crippen molar-refractivity contribution in [3.63, 3.8) is 0 Å². The van der Waals surface area contributed by atoms with Gasteiger partial charge in [0.15, 0.2) is 0 Å². The van der Waals surface area contributed by atoms with Crippen LogP contribution < -0.4 is 10.1 Å². The molecule has 0 aromatic heterocycles. The first-order chi connectivity index (χ1) is 13.1. The zero-order valence-electron chi connectivity index (χ0n) is 14.7. The summed E-state index contributed by atoms with van der Waals surface area (Å²) in [5.74, 6) is 0.494. The van der Waals surface area contributed by atoms with Gasteiger partial charge in [0.05, 0.1) is 6.10 Å². The van der Waals surface area contributed by atoms with Gasteiger partial charge in [0.2, 0.25) is 0 Å². The number of aliphatic hydroxyl groups is 1. The zero-order chi connectivity index (χ0) is 19.1. The maximum absolute atomic E-state index is 13.0. The van der Waals surface area contributed by atoms with Crippen molar-refractivity contribution >= 4 is 15.9 Å². The Labute approximate surface area is 166 Å². The molecule has 0 aliphatic rings. The number of hydrogen-bond acceptors (Lipinski definition) is 3. The first-order valence-electron chi connectivity index (χ1n) is 8.71. The van der Waals surface area contributed by atoms with Gasteiger partial charge in [-0.1, -0.05) is 58.4 Å². The van der Waals surface area contributed by atoms with E-state index >= 15 is 0 Å². The second-order valence-electron chi connectivity index (χ2n) is 6.22. The molecule has 140 valence electrons. The summed E-state index contributed by atoms with van der Waals surface area (Å²) in [5, 5.41) is 13.5. The molecule has 3 aromatic rings. The Kier molecular flexibility index (Phi) is 6.98. The van der Waals surface area contributed by atoms with Gasteiger partial charge in [-0.2, -0.15) is 0 Å². The van der Waals surface area contributed by atoms with Crippen molar-refractivity contribution in [1.82, 2.24) is 5.32 Å². The molecule has 0 spiro atoms. The molecule has 0 bridgehead atoms. The van der Waals surface area contributed by atoms with Gasteiger partial charge in [-0.3, -0.25) is 0 Å². The van der Waals surface area contributed by atoms with Crippen molar-refractivity contribution in [2.24, 2.45) is 0 Å². The summed E-state index contributed by atoms with van der Waals surface area (Å²) in [6.07, 6.45) is -0.568. The van der Waals surface area contributed by atoms with Gasteiger partial charge in [0.25, 0.3) is 0 Å². The molecule has 2 N–H and O–H groups in total. The van der Waals surface area contributed by atoms with Crippen LogP contribution in [0.1, 0.15) is 22.8 Å². The summed E-state index contributed by atoms with van der Waals surface area (Å²) in [6.45, 7) is 1.36. The van der Waals surface area contributed by atoms with Crippen LogP contribution in [0.5, 0.6) is 5.75 Å². The van der Waals surface area contributed by atoms with Crippen molar-refractivity contribution in [1.29, 1.82) is 0 Å². The lowest BCUT2D eigenvalue weighted by atomic mass is 10.1. The van der Waals surface area contributed by atoms with Gasteiger partial charge >= 0.3 is 0 Å². The van der Waals surface area contributed by atoms with Gasteiger partial charge in [-0.15, -0.1) is 0 Å². The Hall–Kier alpha value is -2.21. The molecule has 0 amide bonds. The van der Waals surface area contributed by atoms with E-state index in [1.807, 2.05) is 48.5 Å². The highest BCUT2D eigenvalue weighted by Crippen LogP contribution is 2.24. The first kappa shape index (κ1) is 19.5. The predicted molar refractivity (Wildman–Crippen MR) is 108 cm³/mol. The van der Waals surface area contributed by atoms with Crippen LogP contribution in [0.25, 0.3) is 0 Å². The van der Waals surface area contributed by atoms with Crippen molar-refractivity contribution in [2.75, 3.05) is 6.54 Å². The van der Waals surface area contributed by atoms with Crippen LogP contribution >= 0.6 is 15.9 Å². The molecule has 1 atom stereocenters. The van der Waals surface area contributed by atoms with E-state index in [2.05, 4.69) is 21.2 Å². The van der Waals surface area contributed by atoms with Crippen LogP contribution in [0.15, 0.2) is 77.3 Å². The summed E-state index contributed by atoms with van der Waals surface area (Å²) in [6, 6.07) is 21.6. The van der Waals surface area contributed by atoms with Crippen molar-refractivity contribution in [3.05, 3.63) is 99.8 Å². The summed E-state index contributed by atoms with van der Waals surface area (Å²) in [5.41, 5.74) is 2.76. The summed E-state index contributed by atoms with van der Waals surface area (Å²) >= 11 is 3.48. The lowest BCUT2D eigenvalue weighted by Crippen LogP contribution is -2.21. The van der Waals surface area contributed by atoms with Gasteiger partial charge in [-0.05, 0) is 41.5 Å². The van der Waals surface area contributed by atoms with Crippen molar-refractivity contribution < 1.29 is 14.2 Å². The number of rotatable bonds is 8. The van der Waals surface area contributed by atoms with Crippen LogP contribution in [0.2, 0.25) is 0 Å². The molecule has 3 aromatic carbocycles. The standard InChI is InChI=1S/C22H21BrFNO2/c23-19-8-11-22(27-15-16-6-9-20(24)10-7-16)18(12-19)13-25-14-21(26)17-4-2-1-3-5-17/h1-12,21,25-26H,13-15H2. The molecule has 0 aliphatic carbocycles. The average Bonchev–Trinajstić information content (AvgIpc) is 2.69. The third-order valence-corrected chi connectivity index (χ3v) is 4.66. The largest absolute Gasteiger partial charge is 0.489 e. The van der Waals surface area contributed by atoms with Gasteiger partial charge in [0.1, 0.15) is 18.2 Å². The van der Waals surface area contributed by atoms with Crippen molar-refractivity contribution in [3.8, 4) is 5.75 Å². The molecule has 3 rings (SSSR count). The molecule has 0 heterocycles. The Morgan fingerprint density at radius 1 is 1.00 bits per heavy atom. The van der Waals surface area contributed by atoms with E-state index in [1.54, 1.807) is 12.1 Å². The maximum Gasteiger partial charge on any atom is 0.124 e. The third-order valence-electron chi connectivity index (χ3n) is 4.17. The first-order valence-corrected chi connectivity index (χ1v) is 9.50. The smallest absolute Gasteiger partial charge is 0.124 e. The highest BCUT2D eigenvalue weighted by atomic mass is 79.9. The third kappa shape index (κ3) is 5.89. The molecule has 1 unspecified atom stereocenters. The summed E-state index contributed by atoms with van der Waals surface area (Å²) in [4.78, 5) is 0. The predicted octanol–water partition coefficient (Wildman–Crippen LogP) is 4.99. The highest BCUT2D eigenvalue weighted by Gasteiger charge is 2.09. The normalized spacial score (nSPS) is 12.0. The fourth-order valence-electron chi connectivity index (χ4n) is 2.71. The van der Waals surface area contributed by atoms with Crippen LogP contribution in [0.3, 0.4) is 0 Å². The minimum Gasteiger partial charge on any atom is -0.489 e. The fourth-order valence-corrected chi connectivity index (χ4v) is 3.11. The van der Waals surface area contributed by atoms with Gasteiger partial charge in [-0.25, -0.2) is 4.39 Å². The Balaban J connectivity index is 1.59. The summed E-state index contributed by atoms with van der Waals surface area (Å²) in [7, 11) is 0. The molecule has 5 heteroatoms. The van der Waals surface area contributed by atoms with E-state index < -0.39 is 6.10 Å². The van der Waals surface area contributed by atoms with Crippen molar-refractivity contribution in [2.45, 2.75) is 19.3 Å². The van der Waals surface area contributed by atoms with E-state index in [0.717, 1.165) is 26.9 Å². The van der Waals surface area contributed by atoms with Crippen LogP contribution in [0, 0.1) is 5.82 Å². The Bertz CT molecular complexity index is 856. The van der Waals surface area contributed by atoms with E-state index in [1.165, 1.54) is 12.1 Å². The fraction of sp³-hybridized carbons (Fsp3) is 0.182. The van der Waals surface area contributed by atoms with Gasteiger partial charge < -0.3 is 15.2 Å². The Morgan fingerprint density at radius 3 is 2.48 bits per heavy atom. The Morgan fingerprint density at radius 2 is 1.74 bits per heavy atom. The molecule has 0 aliphatic heterocycles. The number of hydrogen-bond donors (Lipinski definition) is 2. The van der Waals surface area contributed by atoms with E-state index in [-0.39, 0.29) is 5.82 Å². The van der Waals surface area contributed by atoms with Crippen LogP contribution in [0.4, 0.5) is 4.39 Å². The van der Waals surface area contributed by atoms with Crippen LogP contribution in [-0.2, 0) is 13.2 Å².